The molecular formula is C27H31N3O4S2. The number of aromatic nitrogens is 1. The van der Waals surface area contributed by atoms with Gasteiger partial charge in [-0.1, -0.05) is 45.0 Å². The molecule has 0 radical (unpaired) electrons. The molecule has 5 rings (SSSR count). The molecule has 9 heteroatoms. The normalized spacial score (nSPS) is 23.4. The molecule has 3 aromatic rings. The van der Waals surface area contributed by atoms with Crippen LogP contribution in [0.1, 0.15) is 56.1 Å². The molecular weight excluding hydrogens is 494 g/mol. The molecule has 7 nitrogen and oxygen atoms in total. The summed E-state index contributed by atoms with van der Waals surface area (Å²) in [4.78, 5) is 17.4. The summed E-state index contributed by atoms with van der Waals surface area (Å²) in [5.41, 5.74) is 1.85. The van der Waals surface area contributed by atoms with Gasteiger partial charge in [0.05, 0.1) is 16.2 Å². The predicted octanol–water partition coefficient (Wildman–Crippen LogP) is 5.83. The number of carbonyl (C=O) groups is 1. The molecule has 1 aliphatic carbocycles. The van der Waals surface area contributed by atoms with Crippen molar-refractivity contribution in [3.05, 3.63) is 71.2 Å². The SMILES string of the molecule is CC1(C)CC2CC(C)(CN2S(=O)(=O)c2cccc(C(=O)OCc3csc(Nc4ccccc4)n3)c2)C1. The fraction of sp³-hybridized carbons (Fsp3) is 0.407. The first kappa shape index (κ1) is 24.9. The van der Waals surface area contributed by atoms with Crippen LogP contribution < -0.4 is 5.32 Å². The second kappa shape index (κ2) is 9.28. The number of anilines is 2. The first-order valence-corrected chi connectivity index (χ1v) is 14.4. The van der Waals surface area contributed by atoms with Gasteiger partial charge in [0.15, 0.2) is 5.13 Å². The van der Waals surface area contributed by atoms with Crippen LogP contribution in [0.15, 0.2) is 64.9 Å². The molecule has 2 atom stereocenters. The summed E-state index contributed by atoms with van der Waals surface area (Å²) in [6.07, 6.45) is 2.73. The monoisotopic (exact) mass is 525 g/mol. The van der Waals surface area contributed by atoms with Crippen molar-refractivity contribution < 1.29 is 17.9 Å². The first-order valence-electron chi connectivity index (χ1n) is 12.1. The van der Waals surface area contributed by atoms with Crippen molar-refractivity contribution >= 4 is 38.1 Å². The molecule has 1 aromatic heterocycles. The van der Waals surface area contributed by atoms with Gasteiger partial charge in [-0.15, -0.1) is 11.3 Å². The third-order valence-corrected chi connectivity index (χ3v) is 9.67. The lowest BCUT2D eigenvalue weighted by Gasteiger charge is -2.39. The smallest absolute Gasteiger partial charge is 0.338 e. The quantitative estimate of drug-likeness (QED) is 0.390. The molecule has 1 aliphatic heterocycles. The Bertz CT molecular complexity index is 1370. The third-order valence-electron chi connectivity index (χ3n) is 6.97. The number of carbonyl (C=O) groups excluding carboxylic acids is 1. The number of fused-ring (bicyclic) bond motifs is 2. The summed E-state index contributed by atoms with van der Waals surface area (Å²) in [6.45, 7) is 7.13. The van der Waals surface area contributed by atoms with E-state index >= 15 is 0 Å². The van der Waals surface area contributed by atoms with Crippen molar-refractivity contribution in [1.29, 1.82) is 0 Å². The van der Waals surface area contributed by atoms with Gasteiger partial charge in [0.25, 0.3) is 0 Å². The van der Waals surface area contributed by atoms with Crippen LogP contribution in [0, 0.1) is 10.8 Å². The van der Waals surface area contributed by atoms with Crippen LogP contribution in [-0.4, -0.2) is 36.3 Å². The number of hydrogen-bond donors (Lipinski definition) is 1. The summed E-state index contributed by atoms with van der Waals surface area (Å²) in [5, 5.41) is 5.74. The molecule has 1 saturated heterocycles. The Labute approximate surface area is 216 Å². The van der Waals surface area contributed by atoms with Crippen LogP contribution in [0.3, 0.4) is 0 Å². The lowest BCUT2D eigenvalue weighted by Crippen LogP contribution is -2.37. The zero-order valence-electron chi connectivity index (χ0n) is 20.7. The Morgan fingerprint density at radius 2 is 1.92 bits per heavy atom. The molecule has 36 heavy (non-hydrogen) atoms. The molecule has 2 fully saturated rings. The Balaban J connectivity index is 1.26. The number of nitrogens with zero attached hydrogens (tertiary/aromatic N) is 2. The number of nitrogens with one attached hydrogen (secondary N) is 1. The third kappa shape index (κ3) is 5.19. The van der Waals surface area contributed by atoms with Gasteiger partial charge < -0.3 is 10.1 Å². The van der Waals surface area contributed by atoms with E-state index in [9.17, 15) is 13.2 Å². The molecule has 2 heterocycles. The summed E-state index contributed by atoms with van der Waals surface area (Å²) < 4.78 is 34.3. The first-order chi connectivity index (χ1) is 17.0. The average molecular weight is 526 g/mol. The van der Waals surface area contributed by atoms with E-state index < -0.39 is 16.0 Å². The van der Waals surface area contributed by atoms with Gasteiger partial charge in [-0.2, -0.15) is 4.31 Å². The Morgan fingerprint density at radius 3 is 2.69 bits per heavy atom. The summed E-state index contributed by atoms with van der Waals surface area (Å²) in [7, 11) is -3.72. The zero-order valence-corrected chi connectivity index (χ0v) is 22.4. The van der Waals surface area contributed by atoms with Crippen LogP contribution in [0.2, 0.25) is 0 Å². The summed E-state index contributed by atoms with van der Waals surface area (Å²) in [5.74, 6) is -0.578. The Morgan fingerprint density at radius 1 is 1.14 bits per heavy atom. The van der Waals surface area contributed by atoms with Crippen molar-refractivity contribution in [2.45, 2.75) is 57.6 Å². The van der Waals surface area contributed by atoms with E-state index in [0.29, 0.717) is 17.4 Å². The van der Waals surface area contributed by atoms with E-state index in [-0.39, 0.29) is 33.9 Å². The van der Waals surface area contributed by atoms with E-state index in [4.69, 9.17) is 4.74 Å². The molecule has 2 aromatic carbocycles. The van der Waals surface area contributed by atoms with Gasteiger partial charge in [-0.05, 0) is 60.4 Å². The highest BCUT2D eigenvalue weighted by atomic mass is 32.2. The molecule has 190 valence electrons. The second-order valence-electron chi connectivity index (χ2n) is 11.0. The van der Waals surface area contributed by atoms with Crippen molar-refractivity contribution in [3.8, 4) is 0 Å². The molecule has 1 N–H and O–H groups in total. The highest BCUT2D eigenvalue weighted by Crippen LogP contribution is 2.53. The van der Waals surface area contributed by atoms with E-state index in [2.05, 4.69) is 31.1 Å². The zero-order chi connectivity index (χ0) is 25.6. The van der Waals surface area contributed by atoms with Crippen LogP contribution in [0.4, 0.5) is 10.8 Å². The number of ether oxygens (including phenoxy) is 1. The fourth-order valence-electron chi connectivity index (χ4n) is 5.91. The number of thiazole rings is 1. The van der Waals surface area contributed by atoms with E-state index in [0.717, 1.165) is 24.9 Å². The minimum Gasteiger partial charge on any atom is -0.456 e. The summed E-state index contributed by atoms with van der Waals surface area (Å²) in [6, 6.07) is 15.9. The highest BCUT2D eigenvalue weighted by molar-refractivity contribution is 7.89. The lowest BCUT2D eigenvalue weighted by molar-refractivity contribution is 0.0468. The average Bonchev–Trinajstić information content (AvgIpc) is 3.38. The summed E-state index contributed by atoms with van der Waals surface area (Å²) >= 11 is 1.42. The molecule has 1 saturated carbocycles. The predicted molar refractivity (Wildman–Crippen MR) is 141 cm³/mol. The number of para-hydroxylation sites is 1. The van der Waals surface area contributed by atoms with Gasteiger partial charge in [0.1, 0.15) is 6.61 Å². The number of hydrogen-bond acceptors (Lipinski definition) is 7. The minimum absolute atomic E-state index is 0.00438. The van der Waals surface area contributed by atoms with Crippen LogP contribution in [0.25, 0.3) is 0 Å². The number of sulfonamides is 1. The molecule has 2 aliphatic rings. The van der Waals surface area contributed by atoms with E-state index in [1.54, 1.807) is 22.5 Å². The number of rotatable bonds is 7. The van der Waals surface area contributed by atoms with Crippen molar-refractivity contribution in [1.82, 2.24) is 9.29 Å². The van der Waals surface area contributed by atoms with Crippen molar-refractivity contribution in [2.75, 3.05) is 11.9 Å². The molecule has 2 bridgehead atoms. The van der Waals surface area contributed by atoms with Crippen LogP contribution in [0.5, 0.6) is 0 Å². The Kier molecular flexibility index (Phi) is 6.43. The fourth-order valence-corrected chi connectivity index (χ4v) is 8.44. The molecule has 2 unspecified atom stereocenters. The van der Waals surface area contributed by atoms with Gasteiger partial charge in [0, 0.05) is 23.7 Å². The topological polar surface area (TPSA) is 88.6 Å². The van der Waals surface area contributed by atoms with E-state index in [1.807, 2.05) is 35.7 Å². The largest absolute Gasteiger partial charge is 0.456 e. The lowest BCUT2D eigenvalue weighted by atomic mass is 9.65. The maximum Gasteiger partial charge on any atom is 0.338 e. The number of benzene rings is 2. The molecule has 0 spiro atoms. The van der Waals surface area contributed by atoms with Gasteiger partial charge in [-0.3, -0.25) is 0 Å². The van der Waals surface area contributed by atoms with Crippen molar-refractivity contribution in [2.24, 2.45) is 10.8 Å². The van der Waals surface area contributed by atoms with Crippen LogP contribution in [-0.2, 0) is 21.4 Å². The van der Waals surface area contributed by atoms with Gasteiger partial charge >= 0.3 is 5.97 Å². The second-order valence-corrected chi connectivity index (χ2v) is 13.8. The molecule has 0 amide bonds. The highest BCUT2D eigenvalue weighted by Gasteiger charge is 2.53. The maximum absolute atomic E-state index is 13.6. The van der Waals surface area contributed by atoms with E-state index in [1.165, 1.54) is 17.4 Å². The maximum atomic E-state index is 13.6. The standard InChI is InChI=1S/C27H31N3O4S2/c1-26(2)13-22-14-27(3,17-26)18-30(22)36(32,33)23-11-7-8-19(12-23)24(31)34-15-21-16-35-25(29-21)28-20-9-5-4-6-10-20/h4-12,16,22H,13-15,17-18H2,1-3H3,(H,28,29). The number of esters is 1. The van der Waals surface area contributed by atoms with Crippen molar-refractivity contribution in [3.63, 3.8) is 0 Å². The van der Waals surface area contributed by atoms with Gasteiger partial charge in [-0.25, -0.2) is 18.2 Å². The minimum atomic E-state index is -3.72. The van der Waals surface area contributed by atoms with Crippen LogP contribution >= 0.6 is 11.3 Å². The van der Waals surface area contributed by atoms with Gasteiger partial charge in [0.2, 0.25) is 10.0 Å². The Hall–Kier alpha value is -2.75.